The highest BCUT2D eigenvalue weighted by molar-refractivity contribution is 5.86. The van der Waals surface area contributed by atoms with E-state index in [0.717, 1.165) is 50.4 Å². The Hall–Kier alpha value is -0.570. The zero-order valence-corrected chi connectivity index (χ0v) is 11.2. The molecule has 98 valence electrons. The minimum atomic E-state index is -0.566. The first-order valence-electron chi connectivity index (χ1n) is 7.09. The molecule has 3 nitrogen and oxygen atoms in total. The van der Waals surface area contributed by atoms with E-state index in [0.29, 0.717) is 6.04 Å². The molecule has 2 atom stereocenters. The molecule has 0 aliphatic heterocycles. The summed E-state index contributed by atoms with van der Waals surface area (Å²) in [6.07, 6.45) is 7.44. The number of carbonyl (C=O) groups excluding carboxylic acids is 1. The van der Waals surface area contributed by atoms with Gasteiger partial charge in [-0.2, -0.15) is 0 Å². The second kappa shape index (κ2) is 4.97. The molecule has 3 N–H and O–H groups in total. The summed E-state index contributed by atoms with van der Waals surface area (Å²) < 4.78 is 0. The van der Waals surface area contributed by atoms with E-state index in [-0.39, 0.29) is 5.91 Å². The van der Waals surface area contributed by atoms with Crippen LogP contribution in [-0.4, -0.2) is 17.5 Å². The summed E-state index contributed by atoms with van der Waals surface area (Å²) in [4.78, 5) is 12.2. The fourth-order valence-electron chi connectivity index (χ4n) is 3.63. The number of carbonyl (C=O) groups is 1. The average molecular weight is 238 g/mol. The molecule has 0 aromatic carbocycles. The van der Waals surface area contributed by atoms with E-state index in [9.17, 15) is 4.79 Å². The summed E-state index contributed by atoms with van der Waals surface area (Å²) in [5.74, 6) is 1.55. The summed E-state index contributed by atoms with van der Waals surface area (Å²) in [5.41, 5.74) is 5.61. The molecule has 1 amide bonds. The Labute approximate surface area is 105 Å². The van der Waals surface area contributed by atoms with E-state index in [1.165, 1.54) is 6.42 Å². The molecule has 0 heterocycles. The van der Waals surface area contributed by atoms with Crippen LogP contribution in [0.1, 0.15) is 58.8 Å². The van der Waals surface area contributed by atoms with Gasteiger partial charge in [0.25, 0.3) is 0 Å². The maximum absolute atomic E-state index is 12.2. The van der Waals surface area contributed by atoms with Crippen LogP contribution >= 0.6 is 0 Å². The van der Waals surface area contributed by atoms with Crippen LogP contribution in [0.3, 0.4) is 0 Å². The van der Waals surface area contributed by atoms with E-state index in [1.54, 1.807) is 0 Å². The van der Waals surface area contributed by atoms with Crippen molar-refractivity contribution in [1.82, 2.24) is 5.32 Å². The van der Waals surface area contributed by atoms with Gasteiger partial charge in [-0.05, 0) is 43.9 Å². The lowest BCUT2D eigenvalue weighted by Gasteiger charge is -2.34. The predicted molar refractivity (Wildman–Crippen MR) is 69.5 cm³/mol. The maximum Gasteiger partial charge on any atom is 0.240 e. The molecule has 2 rings (SSSR count). The zero-order chi connectivity index (χ0) is 12.5. The van der Waals surface area contributed by atoms with Gasteiger partial charge in [0.1, 0.15) is 0 Å². The standard InChI is InChI=1S/C14H26N2O/c1-10-7-11(2)9-12(8-10)16-13(17)14(15)5-3-4-6-14/h10-12H,3-9,15H2,1-2H3,(H,16,17). The van der Waals surface area contributed by atoms with Gasteiger partial charge < -0.3 is 11.1 Å². The average Bonchev–Trinajstić information content (AvgIpc) is 2.64. The van der Waals surface area contributed by atoms with E-state index in [1.807, 2.05) is 0 Å². The van der Waals surface area contributed by atoms with Gasteiger partial charge in [-0.15, -0.1) is 0 Å². The Morgan fingerprint density at radius 3 is 2.18 bits per heavy atom. The van der Waals surface area contributed by atoms with Gasteiger partial charge in [-0.25, -0.2) is 0 Å². The van der Waals surface area contributed by atoms with Crippen molar-refractivity contribution in [2.75, 3.05) is 0 Å². The highest BCUT2D eigenvalue weighted by atomic mass is 16.2. The monoisotopic (exact) mass is 238 g/mol. The number of hydrogen-bond donors (Lipinski definition) is 2. The third-order valence-corrected chi connectivity index (χ3v) is 4.46. The smallest absolute Gasteiger partial charge is 0.240 e. The number of hydrogen-bond acceptors (Lipinski definition) is 2. The summed E-state index contributed by atoms with van der Waals surface area (Å²) in [7, 11) is 0. The van der Waals surface area contributed by atoms with Crippen LogP contribution in [0.25, 0.3) is 0 Å². The zero-order valence-electron chi connectivity index (χ0n) is 11.2. The van der Waals surface area contributed by atoms with Gasteiger partial charge in [0.15, 0.2) is 0 Å². The van der Waals surface area contributed by atoms with Crippen LogP contribution in [-0.2, 0) is 4.79 Å². The van der Waals surface area contributed by atoms with Crippen molar-refractivity contribution >= 4 is 5.91 Å². The Balaban J connectivity index is 1.89. The van der Waals surface area contributed by atoms with Crippen LogP contribution in [0, 0.1) is 11.8 Å². The molecule has 0 spiro atoms. The molecule has 0 bridgehead atoms. The third-order valence-electron chi connectivity index (χ3n) is 4.46. The lowest BCUT2D eigenvalue weighted by molar-refractivity contribution is -0.127. The Bertz CT molecular complexity index is 274. The van der Waals surface area contributed by atoms with Crippen LogP contribution in [0.5, 0.6) is 0 Å². The summed E-state index contributed by atoms with van der Waals surface area (Å²) in [6.45, 7) is 4.56. The van der Waals surface area contributed by atoms with Gasteiger partial charge in [-0.3, -0.25) is 4.79 Å². The van der Waals surface area contributed by atoms with Crippen molar-refractivity contribution < 1.29 is 4.79 Å². The van der Waals surface area contributed by atoms with Crippen molar-refractivity contribution in [1.29, 1.82) is 0 Å². The summed E-state index contributed by atoms with van der Waals surface area (Å²) in [6, 6.07) is 0.349. The first-order valence-corrected chi connectivity index (χ1v) is 7.09. The van der Waals surface area contributed by atoms with E-state index >= 15 is 0 Å². The fraction of sp³-hybridized carbons (Fsp3) is 0.929. The molecule has 3 heteroatoms. The molecular formula is C14H26N2O. The lowest BCUT2D eigenvalue weighted by atomic mass is 9.80. The lowest BCUT2D eigenvalue weighted by Crippen LogP contribution is -2.55. The third kappa shape index (κ3) is 3.01. The Morgan fingerprint density at radius 2 is 1.65 bits per heavy atom. The molecule has 2 saturated carbocycles. The van der Waals surface area contributed by atoms with Crippen LogP contribution in [0.2, 0.25) is 0 Å². The summed E-state index contributed by atoms with van der Waals surface area (Å²) >= 11 is 0. The summed E-state index contributed by atoms with van der Waals surface area (Å²) in [5, 5.41) is 3.20. The number of nitrogens with two attached hydrogens (primary N) is 1. The molecule has 0 aromatic rings. The highest BCUT2D eigenvalue weighted by Gasteiger charge is 2.38. The molecule has 2 aliphatic rings. The molecule has 2 aliphatic carbocycles. The largest absolute Gasteiger partial charge is 0.352 e. The van der Waals surface area contributed by atoms with Crippen molar-refractivity contribution in [3.05, 3.63) is 0 Å². The Morgan fingerprint density at radius 1 is 1.12 bits per heavy atom. The normalized spacial score (nSPS) is 36.8. The van der Waals surface area contributed by atoms with Crippen LogP contribution in [0.15, 0.2) is 0 Å². The molecular weight excluding hydrogens is 212 g/mol. The predicted octanol–water partition coefficient (Wildman–Crippen LogP) is 2.20. The minimum Gasteiger partial charge on any atom is -0.352 e. The topological polar surface area (TPSA) is 55.1 Å². The fourth-order valence-corrected chi connectivity index (χ4v) is 3.63. The molecule has 0 aromatic heterocycles. The molecule has 0 radical (unpaired) electrons. The number of nitrogens with one attached hydrogen (secondary N) is 1. The first kappa shape index (κ1) is 12.9. The molecule has 0 saturated heterocycles. The van der Waals surface area contributed by atoms with Gasteiger partial charge in [0, 0.05) is 6.04 Å². The second-order valence-electron chi connectivity index (χ2n) is 6.45. The van der Waals surface area contributed by atoms with Gasteiger partial charge in [-0.1, -0.05) is 26.7 Å². The van der Waals surface area contributed by atoms with E-state index in [4.69, 9.17) is 5.73 Å². The van der Waals surface area contributed by atoms with Crippen molar-refractivity contribution in [2.24, 2.45) is 17.6 Å². The SMILES string of the molecule is CC1CC(C)CC(NC(=O)C2(N)CCCC2)C1. The van der Waals surface area contributed by atoms with Crippen molar-refractivity contribution in [3.8, 4) is 0 Å². The Kier molecular flexibility index (Phi) is 3.76. The number of rotatable bonds is 2. The van der Waals surface area contributed by atoms with Gasteiger partial charge in [0.05, 0.1) is 5.54 Å². The van der Waals surface area contributed by atoms with Gasteiger partial charge >= 0.3 is 0 Å². The minimum absolute atomic E-state index is 0.0984. The van der Waals surface area contributed by atoms with E-state index in [2.05, 4.69) is 19.2 Å². The second-order valence-corrected chi connectivity index (χ2v) is 6.45. The maximum atomic E-state index is 12.2. The quantitative estimate of drug-likeness (QED) is 0.775. The first-order chi connectivity index (χ1) is 7.99. The molecule has 2 unspecified atom stereocenters. The molecule has 2 fully saturated rings. The van der Waals surface area contributed by atoms with Crippen molar-refractivity contribution in [2.45, 2.75) is 70.4 Å². The molecule has 17 heavy (non-hydrogen) atoms. The van der Waals surface area contributed by atoms with Gasteiger partial charge in [0.2, 0.25) is 5.91 Å². The van der Waals surface area contributed by atoms with Crippen molar-refractivity contribution in [3.63, 3.8) is 0 Å². The van der Waals surface area contributed by atoms with E-state index < -0.39 is 5.54 Å². The number of amides is 1. The van der Waals surface area contributed by atoms with Crippen LogP contribution in [0.4, 0.5) is 0 Å². The van der Waals surface area contributed by atoms with Crippen LogP contribution < -0.4 is 11.1 Å². The highest BCUT2D eigenvalue weighted by Crippen LogP contribution is 2.31.